The molecule has 1 aromatic heterocycles. The number of benzene rings is 3. The lowest BCUT2D eigenvalue weighted by Crippen LogP contribution is -2.21. The van der Waals surface area contributed by atoms with Crippen molar-refractivity contribution in [3.8, 4) is 22.6 Å². The van der Waals surface area contributed by atoms with Gasteiger partial charge in [0.15, 0.2) is 0 Å². The van der Waals surface area contributed by atoms with Crippen LogP contribution in [0.25, 0.3) is 22.1 Å². The van der Waals surface area contributed by atoms with Crippen LogP contribution in [0, 0.1) is 6.01 Å². The summed E-state index contributed by atoms with van der Waals surface area (Å²) in [6.07, 6.45) is -0.338. The van der Waals surface area contributed by atoms with Gasteiger partial charge in [-0.3, -0.25) is 4.79 Å². The Morgan fingerprint density at radius 2 is 1.89 bits per heavy atom. The lowest BCUT2D eigenvalue weighted by molar-refractivity contribution is -0.149. The Kier molecular flexibility index (Phi) is 8.43. The molecule has 3 aromatic carbocycles. The molecule has 0 amide bonds. The van der Waals surface area contributed by atoms with Crippen LogP contribution in [0.4, 0.5) is 4.39 Å². The van der Waals surface area contributed by atoms with E-state index in [-0.39, 0.29) is 19.1 Å². The van der Waals surface area contributed by atoms with Crippen molar-refractivity contribution in [3.05, 3.63) is 83.4 Å². The van der Waals surface area contributed by atoms with Gasteiger partial charge in [-0.05, 0) is 47.9 Å². The van der Waals surface area contributed by atoms with Crippen molar-refractivity contribution in [2.24, 2.45) is 5.73 Å². The quantitative estimate of drug-likeness (QED) is 0.272. The van der Waals surface area contributed by atoms with Crippen molar-refractivity contribution in [2.75, 3.05) is 20.8 Å². The molecule has 4 rings (SSSR count). The summed E-state index contributed by atoms with van der Waals surface area (Å²) in [7, 11) is 3.11. The van der Waals surface area contributed by atoms with Gasteiger partial charge in [0.2, 0.25) is 0 Å². The summed E-state index contributed by atoms with van der Waals surface area (Å²) in [6.45, 7) is 2.63. The highest BCUT2D eigenvalue weighted by molar-refractivity contribution is 5.93. The van der Waals surface area contributed by atoms with Crippen LogP contribution in [0.3, 0.4) is 0 Å². The van der Waals surface area contributed by atoms with Gasteiger partial charge in [0.25, 0.3) is 6.01 Å². The van der Waals surface area contributed by atoms with E-state index in [1.165, 1.54) is 6.07 Å². The van der Waals surface area contributed by atoms with Crippen LogP contribution in [-0.2, 0) is 33.8 Å². The number of carbonyl (C=O) groups is 1. The molecule has 0 aliphatic carbocycles. The molecule has 0 saturated heterocycles. The number of hydrogen-bond acceptors (Lipinski definition) is 7. The largest absolute Gasteiger partial charge is 0.497 e. The number of nitrogens with two attached hydrogens (primary N) is 1. The van der Waals surface area contributed by atoms with E-state index < -0.39 is 12.0 Å². The number of furan rings is 1. The van der Waals surface area contributed by atoms with Crippen molar-refractivity contribution < 1.29 is 32.5 Å². The van der Waals surface area contributed by atoms with Crippen LogP contribution in [0.2, 0.25) is 0 Å². The second-order valence-corrected chi connectivity index (χ2v) is 8.71. The fourth-order valence-electron chi connectivity index (χ4n) is 4.14. The second-order valence-electron chi connectivity index (χ2n) is 8.71. The third-order valence-electron chi connectivity index (χ3n) is 5.86. The van der Waals surface area contributed by atoms with E-state index in [4.69, 9.17) is 29.1 Å². The molecule has 0 fully saturated rings. The number of rotatable bonds is 11. The molecule has 1 unspecified atom stereocenters. The van der Waals surface area contributed by atoms with E-state index in [0.717, 1.165) is 22.3 Å². The van der Waals surface area contributed by atoms with E-state index in [9.17, 15) is 9.18 Å². The van der Waals surface area contributed by atoms with Gasteiger partial charge in [0.1, 0.15) is 29.8 Å². The van der Waals surface area contributed by atoms with Gasteiger partial charge in [0.05, 0.1) is 20.1 Å². The molecular formula is C29H30FNO6. The molecule has 0 saturated carbocycles. The Morgan fingerprint density at radius 3 is 2.65 bits per heavy atom. The molecule has 4 aromatic rings. The summed E-state index contributed by atoms with van der Waals surface area (Å²) in [6, 6.07) is 17.4. The number of hydrogen-bond donors (Lipinski definition) is 1. The third-order valence-corrected chi connectivity index (χ3v) is 5.86. The van der Waals surface area contributed by atoms with Gasteiger partial charge in [-0.1, -0.05) is 24.3 Å². The second kappa shape index (κ2) is 11.9. The predicted molar refractivity (Wildman–Crippen MR) is 138 cm³/mol. The van der Waals surface area contributed by atoms with Crippen LogP contribution >= 0.6 is 0 Å². The molecule has 0 spiro atoms. The van der Waals surface area contributed by atoms with Gasteiger partial charge < -0.3 is 29.1 Å². The maximum absolute atomic E-state index is 14.1. The summed E-state index contributed by atoms with van der Waals surface area (Å²) in [4.78, 5) is 12.5. The third kappa shape index (κ3) is 6.47. The molecule has 2 N–H and O–H groups in total. The summed E-state index contributed by atoms with van der Waals surface area (Å²) in [5, 5.41) is 0.619. The first-order valence-electron chi connectivity index (χ1n) is 11.9. The molecule has 0 radical (unpaired) electrons. The predicted octanol–water partition coefficient (Wildman–Crippen LogP) is 5.41. The Labute approximate surface area is 214 Å². The molecule has 194 valence electrons. The highest BCUT2D eigenvalue weighted by atomic mass is 19.1. The van der Waals surface area contributed by atoms with E-state index in [1.54, 1.807) is 39.3 Å². The number of methoxy groups -OCH3 is 2. The average Bonchev–Trinajstić information content (AvgIpc) is 3.27. The number of halogens is 1. The molecule has 37 heavy (non-hydrogen) atoms. The Hall–Kier alpha value is -3.88. The van der Waals surface area contributed by atoms with Gasteiger partial charge in [-0.2, -0.15) is 4.39 Å². The Morgan fingerprint density at radius 1 is 1.05 bits per heavy atom. The standard InChI is InChI=1S/C29H30FNO6/c1-18(16-33-2)36-28(32)13-22-7-8-24(34-3)14-26(22)35-17-20-10-23-12-27(30)37-29(23)25(11-20)21-6-4-5-19(9-21)15-31/h4-12,14,18H,13,15-17,31H2,1-3H3. The van der Waals surface area contributed by atoms with E-state index in [2.05, 4.69) is 0 Å². The molecule has 0 bridgehead atoms. The zero-order valence-corrected chi connectivity index (χ0v) is 21.1. The van der Waals surface area contributed by atoms with Crippen LogP contribution in [0.5, 0.6) is 11.5 Å². The molecule has 0 aliphatic heterocycles. The van der Waals surface area contributed by atoms with Gasteiger partial charge >= 0.3 is 5.97 Å². The smallest absolute Gasteiger partial charge is 0.310 e. The maximum atomic E-state index is 14.1. The molecule has 7 nitrogen and oxygen atoms in total. The maximum Gasteiger partial charge on any atom is 0.310 e. The normalized spacial score (nSPS) is 11.9. The van der Waals surface area contributed by atoms with Gasteiger partial charge in [0, 0.05) is 42.3 Å². The van der Waals surface area contributed by atoms with Crippen molar-refractivity contribution in [2.45, 2.75) is 32.6 Å². The van der Waals surface area contributed by atoms with E-state index >= 15 is 0 Å². The molecule has 1 atom stereocenters. The highest BCUT2D eigenvalue weighted by Crippen LogP contribution is 2.34. The Bertz CT molecular complexity index is 1380. The fraction of sp³-hybridized carbons (Fsp3) is 0.276. The van der Waals surface area contributed by atoms with Gasteiger partial charge in [-0.15, -0.1) is 0 Å². The summed E-state index contributed by atoms with van der Waals surface area (Å²) >= 11 is 0. The summed E-state index contributed by atoms with van der Waals surface area (Å²) in [5.74, 6) is 0.685. The summed E-state index contributed by atoms with van der Waals surface area (Å²) in [5.41, 5.74) is 10.3. The van der Waals surface area contributed by atoms with Crippen molar-refractivity contribution >= 4 is 16.9 Å². The molecule has 1 heterocycles. The Balaban J connectivity index is 1.61. The van der Waals surface area contributed by atoms with Crippen LogP contribution in [0.15, 0.2) is 65.1 Å². The fourth-order valence-corrected chi connectivity index (χ4v) is 4.14. The molecular weight excluding hydrogens is 477 g/mol. The monoisotopic (exact) mass is 507 g/mol. The van der Waals surface area contributed by atoms with Crippen molar-refractivity contribution in [3.63, 3.8) is 0 Å². The SMILES string of the molecule is COCC(C)OC(=O)Cc1ccc(OC)cc1OCc1cc(-c2cccc(CN)c2)c2oc(F)cc2c1. The molecule has 8 heteroatoms. The minimum Gasteiger partial charge on any atom is -0.497 e. The highest BCUT2D eigenvalue weighted by Gasteiger charge is 2.16. The van der Waals surface area contributed by atoms with E-state index in [1.807, 2.05) is 36.4 Å². The van der Waals surface area contributed by atoms with Crippen LogP contribution in [0.1, 0.15) is 23.6 Å². The van der Waals surface area contributed by atoms with E-state index in [0.29, 0.717) is 41.2 Å². The minimum absolute atomic E-state index is 0.0243. The number of fused-ring (bicyclic) bond motifs is 1. The van der Waals surface area contributed by atoms with Crippen molar-refractivity contribution in [1.82, 2.24) is 0 Å². The lowest BCUT2D eigenvalue weighted by Gasteiger charge is -2.15. The van der Waals surface area contributed by atoms with Crippen LogP contribution < -0.4 is 15.2 Å². The number of ether oxygens (including phenoxy) is 4. The first kappa shape index (κ1) is 26.2. The van der Waals surface area contributed by atoms with Crippen LogP contribution in [-0.4, -0.2) is 32.9 Å². The van der Waals surface area contributed by atoms with Crippen molar-refractivity contribution in [1.29, 1.82) is 0 Å². The number of esters is 1. The zero-order valence-electron chi connectivity index (χ0n) is 21.1. The average molecular weight is 508 g/mol. The van der Waals surface area contributed by atoms with Gasteiger partial charge in [-0.25, -0.2) is 0 Å². The lowest BCUT2D eigenvalue weighted by atomic mass is 9.99. The topological polar surface area (TPSA) is 93.2 Å². The molecule has 0 aliphatic rings. The number of carbonyl (C=O) groups excluding carboxylic acids is 1. The minimum atomic E-state index is -0.666. The summed E-state index contributed by atoms with van der Waals surface area (Å²) < 4.78 is 41.4. The first-order valence-corrected chi connectivity index (χ1v) is 11.9. The first-order chi connectivity index (χ1) is 17.9. The zero-order chi connectivity index (χ0) is 26.4.